The molecule has 2 aromatic rings. The second kappa shape index (κ2) is 7.60. The molecular formula is C17H20N2O4. The Labute approximate surface area is 134 Å². The smallest absolute Gasteiger partial charge is 0.270 e. The lowest BCUT2D eigenvalue weighted by molar-refractivity contribution is -0.384. The zero-order valence-corrected chi connectivity index (χ0v) is 13.2. The molecule has 23 heavy (non-hydrogen) atoms. The predicted molar refractivity (Wildman–Crippen MR) is 88.6 cm³/mol. The van der Waals surface area contributed by atoms with E-state index in [4.69, 9.17) is 9.84 Å². The number of anilines is 1. The quantitative estimate of drug-likeness (QED) is 0.603. The fourth-order valence-corrected chi connectivity index (χ4v) is 2.16. The maximum Gasteiger partial charge on any atom is 0.270 e. The lowest BCUT2D eigenvalue weighted by atomic mass is 10.1. The number of aliphatic hydroxyl groups is 1. The second-order valence-electron chi connectivity index (χ2n) is 5.43. The normalized spacial score (nSPS) is 10.6. The number of rotatable bonds is 7. The van der Waals surface area contributed by atoms with Crippen LogP contribution in [-0.4, -0.2) is 16.1 Å². The van der Waals surface area contributed by atoms with Crippen LogP contribution in [0.2, 0.25) is 0 Å². The van der Waals surface area contributed by atoms with Gasteiger partial charge in [0.15, 0.2) is 0 Å². The standard InChI is InChI=1S/C17H20N2O4/c1-12(2)23-17-7-6-16(19(21)22)9-14(17)10-18-15-5-3-4-13(8-15)11-20/h3-9,12,18,20H,10-11H2,1-2H3. The van der Waals surface area contributed by atoms with E-state index in [9.17, 15) is 10.1 Å². The highest BCUT2D eigenvalue weighted by Crippen LogP contribution is 2.26. The van der Waals surface area contributed by atoms with Gasteiger partial charge < -0.3 is 15.2 Å². The number of aliphatic hydroxyl groups excluding tert-OH is 1. The molecule has 6 nitrogen and oxygen atoms in total. The van der Waals surface area contributed by atoms with E-state index in [1.165, 1.54) is 12.1 Å². The van der Waals surface area contributed by atoms with Crippen LogP contribution in [0, 0.1) is 10.1 Å². The van der Waals surface area contributed by atoms with Gasteiger partial charge in [0.2, 0.25) is 0 Å². The molecule has 0 heterocycles. The lowest BCUT2D eigenvalue weighted by Gasteiger charge is -2.15. The first-order chi connectivity index (χ1) is 11.0. The first-order valence-electron chi connectivity index (χ1n) is 7.37. The summed E-state index contributed by atoms with van der Waals surface area (Å²) in [5, 5.41) is 23.3. The number of nitrogens with zero attached hydrogens (tertiary/aromatic N) is 1. The number of hydrogen-bond acceptors (Lipinski definition) is 5. The molecule has 2 N–H and O–H groups in total. The van der Waals surface area contributed by atoms with E-state index in [0.717, 1.165) is 11.3 Å². The Morgan fingerprint density at radius 3 is 2.70 bits per heavy atom. The number of non-ortho nitro benzene ring substituents is 1. The van der Waals surface area contributed by atoms with Crippen LogP contribution < -0.4 is 10.1 Å². The van der Waals surface area contributed by atoms with Crippen LogP contribution in [0.4, 0.5) is 11.4 Å². The predicted octanol–water partition coefficient (Wildman–Crippen LogP) is 3.49. The minimum Gasteiger partial charge on any atom is -0.491 e. The molecule has 6 heteroatoms. The minimum atomic E-state index is -0.422. The summed E-state index contributed by atoms with van der Waals surface area (Å²) in [6, 6.07) is 12.0. The van der Waals surface area contributed by atoms with Crippen LogP contribution >= 0.6 is 0 Å². The first kappa shape index (κ1) is 16.8. The minimum absolute atomic E-state index is 0.0204. The Bertz CT molecular complexity index is 686. The van der Waals surface area contributed by atoms with Crippen LogP contribution in [-0.2, 0) is 13.2 Å². The second-order valence-corrected chi connectivity index (χ2v) is 5.43. The molecule has 2 aromatic carbocycles. The fraction of sp³-hybridized carbons (Fsp3) is 0.294. The Balaban J connectivity index is 2.21. The number of nitro benzene ring substituents is 1. The van der Waals surface area contributed by atoms with Gasteiger partial charge in [0.1, 0.15) is 5.75 Å². The molecule has 0 aliphatic rings. The SMILES string of the molecule is CC(C)Oc1ccc([N+](=O)[O-])cc1CNc1cccc(CO)c1. The van der Waals surface area contributed by atoms with Crippen LogP contribution in [0.5, 0.6) is 5.75 Å². The van der Waals surface area contributed by atoms with E-state index in [2.05, 4.69) is 5.32 Å². The average molecular weight is 316 g/mol. The van der Waals surface area contributed by atoms with Crippen molar-refractivity contribution >= 4 is 11.4 Å². The largest absolute Gasteiger partial charge is 0.491 e. The van der Waals surface area contributed by atoms with E-state index < -0.39 is 4.92 Å². The van der Waals surface area contributed by atoms with E-state index in [1.54, 1.807) is 6.07 Å². The third kappa shape index (κ3) is 4.69. The third-order valence-corrected chi connectivity index (χ3v) is 3.21. The van der Waals surface area contributed by atoms with Crippen LogP contribution in [0.25, 0.3) is 0 Å². The fourth-order valence-electron chi connectivity index (χ4n) is 2.16. The molecular weight excluding hydrogens is 296 g/mol. The highest BCUT2D eigenvalue weighted by molar-refractivity contribution is 5.49. The van der Waals surface area contributed by atoms with Crippen molar-refractivity contribution in [1.82, 2.24) is 0 Å². The van der Waals surface area contributed by atoms with Gasteiger partial charge in [-0.3, -0.25) is 10.1 Å². The van der Waals surface area contributed by atoms with Crippen molar-refractivity contribution in [3.63, 3.8) is 0 Å². The Kier molecular flexibility index (Phi) is 5.54. The van der Waals surface area contributed by atoms with Gasteiger partial charge >= 0.3 is 0 Å². The number of benzene rings is 2. The number of nitrogens with one attached hydrogen (secondary N) is 1. The highest BCUT2D eigenvalue weighted by atomic mass is 16.6. The number of hydrogen-bond donors (Lipinski definition) is 2. The number of ether oxygens (including phenoxy) is 1. The van der Waals surface area contributed by atoms with Crippen molar-refractivity contribution in [3.8, 4) is 5.75 Å². The molecule has 0 radical (unpaired) electrons. The molecule has 2 rings (SSSR count). The Hall–Kier alpha value is -2.60. The van der Waals surface area contributed by atoms with Crippen LogP contribution in [0.1, 0.15) is 25.0 Å². The molecule has 0 fully saturated rings. The third-order valence-electron chi connectivity index (χ3n) is 3.21. The van der Waals surface area contributed by atoms with Crippen molar-refractivity contribution in [2.45, 2.75) is 33.1 Å². The maximum absolute atomic E-state index is 11.0. The van der Waals surface area contributed by atoms with Gasteiger partial charge in [0.25, 0.3) is 5.69 Å². The van der Waals surface area contributed by atoms with E-state index in [-0.39, 0.29) is 18.4 Å². The van der Waals surface area contributed by atoms with Gasteiger partial charge in [-0.15, -0.1) is 0 Å². The number of nitro groups is 1. The van der Waals surface area contributed by atoms with Crippen molar-refractivity contribution in [3.05, 3.63) is 63.7 Å². The summed E-state index contributed by atoms with van der Waals surface area (Å²) in [7, 11) is 0. The molecule has 0 spiro atoms. The Morgan fingerprint density at radius 2 is 2.04 bits per heavy atom. The zero-order valence-electron chi connectivity index (χ0n) is 13.2. The van der Waals surface area contributed by atoms with Gasteiger partial charge in [-0.25, -0.2) is 0 Å². The maximum atomic E-state index is 11.0. The molecule has 0 saturated carbocycles. The Morgan fingerprint density at radius 1 is 1.26 bits per heavy atom. The van der Waals surface area contributed by atoms with E-state index >= 15 is 0 Å². The summed E-state index contributed by atoms with van der Waals surface area (Å²) in [6.07, 6.45) is -0.0204. The summed E-state index contributed by atoms with van der Waals surface area (Å²) < 4.78 is 5.71. The first-order valence-corrected chi connectivity index (χ1v) is 7.37. The van der Waals surface area contributed by atoms with Crippen molar-refractivity contribution in [2.24, 2.45) is 0 Å². The molecule has 0 aliphatic carbocycles. The molecule has 122 valence electrons. The van der Waals surface area contributed by atoms with Gasteiger partial charge in [0, 0.05) is 29.9 Å². The lowest BCUT2D eigenvalue weighted by Crippen LogP contribution is -2.10. The molecule has 0 amide bonds. The van der Waals surface area contributed by atoms with Gasteiger partial charge in [0.05, 0.1) is 17.6 Å². The molecule has 0 saturated heterocycles. The van der Waals surface area contributed by atoms with Crippen LogP contribution in [0.15, 0.2) is 42.5 Å². The van der Waals surface area contributed by atoms with E-state index in [1.807, 2.05) is 38.1 Å². The van der Waals surface area contributed by atoms with Crippen LogP contribution in [0.3, 0.4) is 0 Å². The average Bonchev–Trinajstić information content (AvgIpc) is 2.53. The van der Waals surface area contributed by atoms with Gasteiger partial charge in [-0.2, -0.15) is 0 Å². The molecule has 0 aliphatic heterocycles. The van der Waals surface area contributed by atoms with Gasteiger partial charge in [-0.05, 0) is 37.6 Å². The van der Waals surface area contributed by atoms with E-state index in [0.29, 0.717) is 17.9 Å². The monoisotopic (exact) mass is 316 g/mol. The van der Waals surface area contributed by atoms with Crippen molar-refractivity contribution in [1.29, 1.82) is 0 Å². The summed E-state index contributed by atoms with van der Waals surface area (Å²) in [5.74, 6) is 0.622. The molecule has 0 unspecified atom stereocenters. The molecule has 0 aromatic heterocycles. The summed E-state index contributed by atoms with van der Waals surface area (Å²) in [5.41, 5.74) is 2.37. The summed E-state index contributed by atoms with van der Waals surface area (Å²) in [4.78, 5) is 10.5. The topological polar surface area (TPSA) is 84.6 Å². The summed E-state index contributed by atoms with van der Waals surface area (Å²) in [6.45, 7) is 4.17. The summed E-state index contributed by atoms with van der Waals surface area (Å²) >= 11 is 0. The van der Waals surface area contributed by atoms with Crippen molar-refractivity contribution < 1.29 is 14.8 Å². The van der Waals surface area contributed by atoms with Crippen molar-refractivity contribution in [2.75, 3.05) is 5.32 Å². The highest BCUT2D eigenvalue weighted by Gasteiger charge is 2.13. The molecule has 0 atom stereocenters. The molecule has 0 bridgehead atoms. The van der Waals surface area contributed by atoms with Gasteiger partial charge in [-0.1, -0.05) is 12.1 Å². The zero-order chi connectivity index (χ0) is 16.8.